The Balaban J connectivity index is 2.16. The van der Waals surface area contributed by atoms with Crippen molar-refractivity contribution in [2.45, 2.75) is 70.0 Å². The number of hydrogen-bond acceptors (Lipinski definition) is 4. The van der Waals surface area contributed by atoms with E-state index in [1.54, 1.807) is 16.3 Å². The molecule has 1 aromatic rings. The first-order chi connectivity index (χ1) is 9.46. The van der Waals surface area contributed by atoms with Crippen molar-refractivity contribution in [1.82, 2.24) is 20.1 Å². The van der Waals surface area contributed by atoms with Gasteiger partial charge in [-0.2, -0.15) is 0 Å². The highest BCUT2D eigenvalue weighted by atomic mass is 32.2. The fourth-order valence-corrected chi connectivity index (χ4v) is 4.59. The minimum absolute atomic E-state index is 0.106. The van der Waals surface area contributed by atoms with Crippen LogP contribution in [0.25, 0.3) is 0 Å². The van der Waals surface area contributed by atoms with Crippen LogP contribution >= 0.6 is 11.8 Å². The third-order valence-corrected chi connectivity index (χ3v) is 5.42. The zero-order chi connectivity index (χ0) is 14.8. The lowest BCUT2D eigenvalue weighted by Gasteiger charge is -2.40. The Kier molecular flexibility index (Phi) is 4.96. The van der Waals surface area contributed by atoms with Crippen LogP contribution in [0, 0.1) is 5.41 Å². The van der Waals surface area contributed by atoms with E-state index < -0.39 is 0 Å². The first-order valence-corrected chi connectivity index (χ1v) is 8.40. The Morgan fingerprint density at radius 2 is 2.25 bits per heavy atom. The average molecular weight is 298 g/mol. The van der Waals surface area contributed by atoms with Crippen LogP contribution in [0.4, 0.5) is 0 Å². The summed E-state index contributed by atoms with van der Waals surface area (Å²) in [6.07, 6.45) is 3.60. The highest BCUT2D eigenvalue weighted by Gasteiger charge is 2.35. The predicted octanol–water partition coefficient (Wildman–Crippen LogP) is 2.24. The van der Waals surface area contributed by atoms with Crippen molar-refractivity contribution in [3.8, 4) is 0 Å². The van der Waals surface area contributed by atoms with Crippen LogP contribution in [-0.4, -0.2) is 32.6 Å². The summed E-state index contributed by atoms with van der Waals surface area (Å²) < 4.78 is 1.72. The fraction of sp³-hybridized carbons (Fsp3) is 0.857. The quantitative estimate of drug-likeness (QED) is 0.875. The average Bonchev–Trinajstić information content (AvgIpc) is 2.73. The molecule has 0 radical (unpaired) electrons. The predicted molar refractivity (Wildman–Crippen MR) is 83.3 cm³/mol. The molecule has 1 saturated carbocycles. The van der Waals surface area contributed by atoms with E-state index in [0.29, 0.717) is 23.3 Å². The molecular weight excluding hydrogens is 272 g/mol. The van der Waals surface area contributed by atoms with Crippen molar-refractivity contribution < 1.29 is 0 Å². The molecule has 2 atom stereocenters. The first-order valence-electron chi connectivity index (χ1n) is 7.52. The minimum Gasteiger partial charge on any atom is -0.313 e. The number of nitrogens with one attached hydrogen (secondary N) is 2. The lowest BCUT2D eigenvalue weighted by atomic mass is 9.75. The van der Waals surface area contributed by atoms with Crippen molar-refractivity contribution in [3.63, 3.8) is 0 Å². The second-order valence-corrected chi connectivity index (χ2v) is 7.49. The monoisotopic (exact) mass is 298 g/mol. The molecule has 6 heteroatoms. The van der Waals surface area contributed by atoms with Gasteiger partial charge in [0, 0.05) is 17.8 Å². The molecule has 1 fully saturated rings. The summed E-state index contributed by atoms with van der Waals surface area (Å²) >= 11 is 1.75. The first kappa shape index (κ1) is 15.6. The van der Waals surface area contributed by atoms with Crippen LogP contribution in [0.5, 0.6) is 0 Å². The van der Waals surface area contributed by atoms with Crippen LogP contribution in [0.2, 0.25) is 0 Å². The third kappa shape index (κ3) is 3.47. The molecule has 114 valence electrons. The molecule has 0 saturated heterocycles. The highest BCUT2D eigenvalue weighted by molar-refractivity contribution is 7.99. The second-order valence-electron chi connectivity index (χ2n) is 6.28. The van der Waals surface area contributed by atoms with Gasteiger partial charge in [-0.25, -0.2) is 9.89 Å². The van der Waals surface area contributed by atoms with Gasteiger partial charge in [0.15, 0.2) is 5.16 Å². The summed E-state index contributed by atoms with van der Waals surface area (Å²) in [6, 6.07) is 0.509. The Morgan fingerprint density at radius 1 is 1.50 bits per heavy atom. The van der Waals surface area contributed by atoms with Gasteiger partial charge in [-0.1, -0.05) is 32.5 Å². The van der Waals surface area contributed by atoms with Crippen molar-refractivity contribution in [2.24, 2.45) is 5.41 Å². The Morgan fingerprint density at radius 3 is 2.90 bits per heavy atom. The van der Waals surface area contributed by atoms with Crippen LogP contribution in [0.3, 0.4) is 0 Å². The van der Waals surface area contributed by atoms with Gasteiger partial charge >= 0.3 is 5.69 Å². The van der Waals surface area contributed by atoms with Crippen molar-refractivity contribution in [1.29, 1.82) is 0 Å². The van der Waals surface area contributed by atoms with E-state index in [1.165, 1.54) is 12.8 Å². The van der Waals surface area contributed by atoms with Gasteiger partial charge in [-0.05, 0) is 38.1 Å². The summed E-state index contributed by atoms with van der Waals surface area (Å²) in [4.78, 5) is 11.7. The zero-order valence-corrected chi connectivity index (χ0v) is 13.7. The van der Waals surface area contributed by atoms with E-state index in [4.69, 9.17) is 0 Å². The zero-order valence-electron chi connectivity index (χ0n) is 12.9. The molecule has 2 rings (SSSR count). The van der Waals surface area contributed by atoms with Crippen LogP contribution in [0.15, 0.2) is 9.95 Å². The SMILES string of the molecule is CCNC1CCC(C)(C)CC1Sc1n[nH]c(=O)n1CC. The molecule has 1 aliphatic carbocycles. The van der Waals surface area contributed by atoms with Gasteiger partial charge in [-0.3, -0.25) is 4.57 Å². The smallest absolute Gasteiger partial charge is 0.313 e. The summed E-state index contributed by atoms with van der Waals surface area (Å²) in [7, 11) is 0. The third-order valence-electron chi connectivity index (χ3n) is 4.10. The topological polar surface area (TPSA) is 62.7 Å². The maximum Gasteiger partial charge on any atom is 0.343 e. The number of H-pyrrole nitrogens is 1. The van der Waals surface area contributed by atoms with Gasteiger partial charge in [0.2, 0.25) is 0 Å². The molecule has 2 N–H and O–H groups in total. The fourth-order valence-electron chi connectivity index (χ4n) is 2.95. The maximum absolute atomic E-state index is 11.7. The largest absolute Gasteiger partial charge is 0.343 e. The van der Waals surface area contributed by atoms with E-state index in [0.717, 1.165) is 18.1 Å². The Labute approximate surface area is 124 Å². The van der Waals surface area contributed by atoms with Gasteiger partial charge in [-0.15, -0.1) is 5.10 Å². The van der Waals surface area contributed by atoms with E-state index >= 15 is 0 Å². The van der Waals surface area contributed by atoms with Gasteiger partial charge in [0.1, 0.15) is 0 Å². The van der Waals surface area contributed by atoms with E-state index in [1.807, 2.05) is 6.92 Å². The molecule has 2 unspecified atom stereocenters. The van der Waals surface area contributed by atoms with Crippen molar-refractivity contribution >= 4 is 11.8 Å². The molecule has 5 nitrogen and oxygen atoms in total. The number of thioether (sulfide) groups is 1. The molecule has 0 aliphatic heterocycles. The Bertz CT molecular complexity index is 494. The molecule has 1 heterocycles. The maximum atomic E-state index is 11.7. The second kappa shape index (κ2) is 6.35. The van der Waals surface area contributed by atoms with Gasteiger partial charge < -0.3 is 5.32 Å². The standard InChI is InChI=1S/C14H26N4OS/c1-5-15-10-7-8-14(3,4)9-11(10)20-13-17-16-12(19)18(13)6-2/h10-11,15H,5-9H2,1-4H3,(H,16,19). The molecular formula is C14H26N4OS. The number of hydrogen-bond donors (Lipinski definition) is 2. The molecule has 0 spiro atoms. The lowest BCUT2D eigenvalue weighted by molar-refractivity contribution is 0.215. The number of aromatic nitrogens is 3. The molecule has 1 aliphatic rings. The molecule has 0 aromatic carbocycles. The Hall–Kier alpha value is -0.750. The number of aromatic amines is 1. The summed E-state index contributed by atoms with van der Waals surface area (Å²) in [5, 5.41) is 11.6. The molecule has 0 bridgehead atoms. The summed E-state index contributed by atoms with van der Waals surface area (Å²) in [6.45, 7) is 10.5. The summed E-state index contributed by atoms with van der Waals surface area (Å²) in [5.74, 6) is 0. The van der Waals surface area contributed by atoms with Crippen LogP contribution < -0.4 is 11.0 Å². The molecule has 20 heavy (non-hydrogen) atoms. The van der Waals surface area contributed by atoms with Gasteiger partial charge in [0.05, 0.1) is 0 Å². The minimum atomic E-state index is -0.106. The molecule has 1 aromatic heterocycles. The van der Waals surface area contributed by atoms with E-state index in [2.05, 4.69) is 36.3 Å². The number of rotatable bonds is 5. The van der Waals surface area contributed by atoms with Crippen LogP contribution in [-0.2, 0) is 6.54 Å². The molecule has 0 amide bonds. The summed E-state index contributed by atoms with van der Waals surface area (Å²) in [5.41, 5.74) is 0.266. The van der Waals surface area contributed by atoms with Crippen molar-refractivity contribution in [2.75, 3.05) is 6.54 Å². The highest BCUT2D eigenvalue weighted by Crippen LogP contribution is 2.42. The number of nitrogens with zero attached hydrogens (tertiary/aromatic N) is 2. The normalized spacial score (nSPS) is 25.8. The van der Waals surface area contributed by atoms with E-state index in [9.17, 15) is 4.79 Å². The van der Waals surface area contributed by atoms with E-state index in [-0.39, 0.29) is 5.69 Å². The van der Waals surface area contributed by atoms with Gasteiger partial charge in [0.25, 0.3) is 0 Å². The lowest BCUT2D eigenvalue weighted by Crippen LogP contribution is -2.44. The van der Waals surface area contributed by atoms with Crippen molar-refractivity contribution in [3.05, 3.63) is 10.5 Å². The van der Waals surface area contributed by atoms with Crippen LogP contribution in [0.1, 0.15) is 47.0 Å².